The maximum Gasteiger partial charge on any atom is 0.302 e. The minimum Gasteiger partial charge on any atom is -0.462 e. The van der Waals surface area contributed by atoms with Gasteiger partial charge < -0.3 is 10.1 Å². The van der Waals surface area contributed by atoms with Crippen molar-refractivity contribution in [1.29, 1.82) is 0 Å². The third-order valence-corrected chi connectivity index (χ3v) is 14.1. The summed E-state index contributed by atoms with van der Waals surface area (Å²) in [6.45, 7) is 13.7. The van der Waals surface area contributed by atoms with Crippen molar-refractivity contribution in [1.82, 2.24) is 5.32 Å². The molecular weight excluding hydrogens is 558 g/mol. The fourth-order valence-corrected chi connectivity index (χ4v) is 11.5. The van der Waals surface area contributed by atoms with Crippen molar-refractivity contribution in [2.24, 2.45) is 52.3 Å². The van der Waals surface area contributed by atoms with Crippen molar-refractivity contribution in [3.05, 3.63) is 0 Å². The Morgan fingerprint density at radius 1 is 0.886 bits per heavy atom. The van der Waals surface area contributed by atoms with E-state index in [0.29, 0.717) is 48.5 Å². The van der Waals surface area contributed by atoms with Gasteiger partial charge in [-0.2, -0.15) is 19.6 Å². The lowest BCUT2D eigenvalue weighted by atomic mass is 9.43. The van der Waals surface area contributed by atoms with E-state index >= 15 is 0 Å². The van der Waals surface area contributed by atoms with Crippen LogP contribution < -0.4 is 5.32 Å². The van der Waals surface area contributed by atoms with E-state index in [4.69, 9.17) is 24.3 Å². The standard InChI is InChI=1S/C36H59NO7/c1-7-25-15-17-35(18-16-25)41-43-36(44-42-35)20-19-33(5)26(22-36)10-11-27-29-13-12-28(23(3)9-14-32(39)37-8-2)34(29,6)31(21-30(27)33)40-24(4)38/h23,25-31H,7-22H2,1-6H3,(H,37,39)/t23-,25?,26+,27-,28+,29-,30-,31-,33-,34+,35?,36?/m0/s1. The smallest absolute Gasteiger partial charge is 0.302 e. The summed E-state index contributed by atoms with van der Waals surface area (Å²) in [7, 11) is 0. The molecule has 0 unspecified atom stereocenters. The van der Waals surface area contributed by atoms with Gasteiger partial charge in [0.2, 0.25) is 17.5 Å². The number of rotatable bonds is 7. The summed E-state index contributed by atoms with van der Waals surface area (Å²) in [6.07, 6.45) is 14.5. The number of nitrogens with one attached hydrogen (secondary N) is 1. The predicted molar refractivity (Wildman–Crippen MR) is 165 cm³/mol. The zero-order valence-electron chi connectivity index (χ0n) is 28.3. The number of carbonyl (C=O) groups excluding carboxylic acids is 2. The molecule has 0 bridgehead atoms. The molecule has 8 nitrogen and oxygen atoms in total. The summed E-state index contributed by atoms with van der Waals surface area (Å²) < 4.78 is 6.31. The molecule has 5 saturated carbocycles. The van der Waals surface area contributed by atoms with Gasteiger partial charge in [0.1, 0.15) is 6.10 Å². The van der Waals surface area contributed by atoms with Crippen LogP contribution in [0.1, 0.15) is 138 Å². The Morgan fingerprint density at radius 3 is 2.25 bits per heavy atom. The van der Waals surface area contributed by atoms with Gasteiger partial charge >= 0.3 is 5.97 Å². The zero-order chi connectivity index (χ0) is 31.3. The second-order valence-corrected chi connectivity index (χ2v) is 16.2. The number of carbonyl (C=O) groups is 2. The Bertz CT molecular complexity index is 1050. The summed E-state index contributed by atoms with van der Waals surface area (Å²) in [6, 6.07) is 0. The zero-order valence-corrected chi connectivity index (χ0v) is 28.3. The summed E-state index contributed by atoms with van der Waals surface area (Å²) in [5, 5.41) is 2.96. The molecule has 1 aliphatic heterocycles. The molecule has 1 amide bonds. The largest absolute Gasteiger partial charge is 0.462 e. The van der Waals surface area contributed by atoms with E-state index in [1.54, 1.807) is 6.92 Å². The SMILES string of the molecule is CCNC(=O)CC[C@H](C)[C@H]1CC[C@H]2[C@@H]3CC[C@@H]4CC5(CC[C@]4(C)[C@H]3C[C@H](OC(C)=O)[C@]12C)OOC1(CCC(CC)CC1)OO5. The molecule has 8 heteroatoms. The summed E-state index contributed by atoms with van der Waals surface area (Å²) in [5.41, 5.74) is 0.0613. The van der Waals surface area contributed by atoms with Crippen LogP contribution in [0.2, 0.25) is 0 Å². The lowest BCUT2D eigenvalue weighted by Crippen LogP contribution is -2.62. The highest BCUT2D eigenvalue weighted by molar-refractivity contribution is 5.75. The van der Waals surface area contributed by atoms with E-state index in [1.807, 2.05) is 6.92 Å². The van der Waals surface area contributed by atoms with Crippen molar-refractivity contribution in [3.63, 3.8) is 0 Å². The van der Waals surface area contributed by atoms with Gasteiger partial charge in [0.15, 0.2) is 0 Å². The first kappa shape index (κ1) is 32.7. The minimum absolute atomic E-state index is 0.0606. The van der Waals surface area contributed by atoms with Crippen LogP contribution in [-0.4, -0.2) is 36.1 Å². The molecular formula is C36H59NO7. The molecule has 2 spiro atoms. The number of hydrogen-bond acceptors (Lipinski definition) is 7. The molecule has 0 aromatic rings. The molecule has 0 aromatic heterocycles. The molecule has 6 rings (SSSR count). The van der Waals surface area contributed by atoms with Crippen LogP contribution >= 0.6 is 0 Å². The molecule has 250 valence electrons. The molecule has 1 N–H and O–H groups in total. The molecule has 1 saturated heterocycles. The second-order valence-electron chi connectivity index (χ2n) is 16.2. The number of amides is 1. The van der Waals surface area contributed by atoms with E-state index in [2.05, 4.69) is 33.0 Å². The van der Waals surface area contributed by atoms with Crippen molar-refractivity contribution < 1.29 is 33.9 Å². The lowest BCUT2D eigenvalue weighted by Gasteiger charge is -2.63. The summed E-state index contributed by atoms with van der Waals surface area (Å²) in [4.78, 5) is 49.5. The normalized spacial score (nSPS) is 47.4. The second kappa shape index (κ2) is 12.4. The van der Waals surface area contributed by atoms with Gasteiger partial charge in [-0.1, -0.05) is 34.1 Å². The molecule has 9 atom stereocenters. The quantitative estimate of drug-likeness (QED) is 0.232. The van der Waals surface area contributed by atoms with Gasteiger partial charge in [-0.05, 0) is 112 Å². The first-order chi connectivity index (χ1) is 21.0. The highest BCUT2D eigenvalue weighted by Gasteiger charge is 2.67. The van der Waals surface area contributed by atoms with Crippen LogP contribution in [0.3, 0.4) is 0 Å². The topological polar surface area (TPSA) is 92.3 Å². The Kier molecular flexibility index (Phi) is 9.24. The molecule has 5 aliphatic carbocycles. The fraction of sp³-hybridized carbons (Fsp3) is 0.944. The number of hydrogen-bond donors (Lipinski definition) is 1. The van der Waals surface area contributed by atoms with Gasteiger partial charge in [-0.15, -0.1) is 0 Å². The van der Waals surface area contributed by atoms with Crippen molar-refractivity contribution in [3.8, 4) is 0 Å². The third kappa shape index (κ3) is 5.66. The van der Waals surface area contributed by atoms with E-state index in [1.165, 1.54) is 19.3 Å². The van der Waals surface area contributed by atoms with Gasteiger partial charge in [0.25, 0.3) is 0 Å². The Morgan fingerprint density at radius 2 is 1.59 bits per heavy atom. The van der Waals surface area contributed by atoms with E-state index in [0.717, 1.165) is 76.5 Å². The molecule has 6 fully saturated rings. The van der Waals surface area contributed by atoms with Crippen LogP contribution in [0.5, 0.6) is 0 Å². The molecule has 44 heavy (non-hydrogen) atoms. The summed E-state index contributed by atoms with van der Waals surface area (Å²) in [5.74, 6) is 2.05. The Labute approximate surface area is 265 Å². The lowest BCUT2D eigenvalue weighted by molar-refractivity contribution is -0.665. The van der Waals surface area contributed by atoms with Crippen LogP contribution in [0.15, 0.2) is 0 Å². The number of esters is 1. The van der Waals surface area contributed by atoms with Gasteiger partial charge in [0, 0.05) is 51.0 Å². The van der Waals surface area contributed by atoms with Gasteiger partial charge in [-0.25, -0.2) is 0 Å². The summed E-state index contributed by atoms with van der Waals surface area (Å²) >= 11 is 0. The minimum atomic E-state index is -0.833. The third-order valence-electron chi connectivity index (χ3n) is 14.1. The average Bonchev–Trinajstić information content (AvgIpc) is 3.37. The maximum absolute atomic E-state index is 12.6. The van der Waals surface area contributed by atoms with Crippen LogP contribution in [0.25, 0.3) is 0 Å². The van der Waals surface area contributed by atoms with Crippen molar-refractivity contribution in [2.45, 2.75) is 156 Å². The monoisotopic (exact) mass is 617 g/mol. The first-order valence-electron chi connectivity index (χ1n) is 18.1. The van der Waals surface area contributed by atoms with Crippen LogP contribution in [0.4, 0.5) is 0 Å². The van der Waals surface area contributed by atoms with E-state index < -0.39 is 11.6 Å². The van der Waals surface area contributed by atoms with Crippen LogP contribution in [-0.2, 0) is 33.9 Å². The molecule has 0 aromatic carbocycles. The molecule has 1 heterocycles. The first-order valence-corrected chi connectivity index (χ1v) is 18.1. The number of ether oxygens (including phenoxy) is 1. The molecule has 6 aliphatic rings. The highest BCUT2D eigenvalue weighted by Crippen LogP contribution is 2.70. The Balaban J connectivity index is 1.16. The maximum atomic E-state index is 12.6. The fourth-order valence-electron chi connectivity index (χ4n) is 11.5. The predicted octanol–water partition coefficient (Wildman–Crippen LogP) is 7.64. The van der Waals surface area contributed by atoms with E-state index in [9.17, 15) is 9.59 Å². The van der Waals surface area contributed by atoms with Crippen LogP contribution in [0, 0.1) is 52.3 Å². The van der Waals surface area contributed by atoms with E-state index in [-0.39, 0.29) is 28.8 Å². The highest BCUT2D eigenvalue weighted by atomic mass is 17.4. The van der Waals surface area contributed by atoms with Gasteiger partial charge in [-0.3, -0.25) is 9.59 Å². The van der Waals surface area contributed by atoms with Gasteiger partial charge in [0.05, 0.1) is 0 Å². The Hall–Kier alpha value is -1.22. The number of fused-ring (bicyclic) bond motifs is 5. The average molecular weight is 618 g/mol. The van der Waals surface area contributed by atoms with Crippen molar-refractivity contribution >= 4 is 11.9 Å². The van der Waals surface area contributed by atoms with Crippen molar-refractivity contribution in [2.75, 3.05) is 6.54 Å². The molecule has 0 radical (unpaired) electrons.